The smallest absolute Gasteiger partial charge is 0.311 e. The molecule has 0 aliphatic rings. The maximum atomic E-state index is 11.3. The van der Waals surface area contributed by atoms with Crippen LogP contribution in [0.3, 0.4) is 0 Å². The van der Waals surface area contributed by atoms with Crippen molar-refractivity contribution in [2.24, 2.45) is 10.1 Å². The molecule has 0 saturated carbocycles. The van der Waals surface area contributed by atoms with E-state index in [4.69, 9.17) is 0 Å². The molecule has 5 heteroatoms. The van der Waals surface area contributed by atoms with Gasteiger partial charge in [0, 0.05) is 7.05 Å². The number of nitrogens with one attached hydrogen (secondary N) is 1. The summed E-state index contributed by atoms with van der Waals surface area (Å²) in [6, 6.07) is 9.50. The average Bonchev–Trinajstić information content (AvgIpc) is 2.43. The van der Waals surface area contributed by atoms with E-state index in [1.54, 1.807) is 14.0 Å². The Hall–Kier alpha value is -2.17. The first-order chi connectivity index (χ1) is 8.67. The van der Waals surface area contributed by atoms with E-state index >= 15 is 0 Å². The lowest BCUT2D eigenvalue weighted by Crippen LogP contribution is -2.18. The number of hydrogen-bond acceptors (Lipinski definition) is 5. The fourth-order valence-corrected chi connectivity index (χ4v) is 1.23. The highest BCUT2D eigenvalue weighted by Gasteiger charge is 2.10. The molecule has 0 heterocycles. The fraction of sp³-hybridized carbons (Fsp3) is 0.308. The lowest BCUT2D eigenvalue weighted by atomic mass is 10.2. The number of ether oxygens (including phenoxy) is 1. The van der Waals surface area contributed by atoms with E-state index in [0.29, 0.717) is 11.4 Å². The molecule has 0 amide bonds. The fourth-order valence-electron chi connectivity index (χ4n) is 1.23. The van der Waals surface area contributed by atoms with Crippen molar-refractivity contribution in [1.29, 1.82) is 0 Å². The van der Waals surface area contributed by atoms with Crippen LogP contribution in [-0.2, 0) is 9.53 Å². The predicted molar refractivity (Wildman–Crippen MR) is 73.2 cm³/mol. The number of hydrogen-bond donors (Lipinski definition) is 1. The highest BCUT2D eigenvalue weighted by Crippen LogP contribution is 2.05. The molecule has 1 rings (SSSR count). The molecule has 1 N–H and O–H groups in total. The molecule has 1 aromatic rings. The Kier molecular flexibility index (Phi) is 5.57. The van der Waals surface area contributed by atoms with Gasteiger partial charge >= 0.3 is 5.97 Å². The lowest BCUT2D eigenvalue weighted by molar-refractivity contribution is -0.139. The molecule has 0 bridgehead atoms. The Morgan fingerprint density at radius 1 is 1.33 bits per heavy atom. The summed E-state index contributed by atoms with van der Waals surface area (Å²) in [4.78, 5) is 15.3. The first-order valence-corrected chi connectivity index (χ1v) is 5.55. The second kappa shape index (κ2) is 7.21. The third-order valence-electron chi connectivity index (χ3n) is 2.39. The molecular formula is C13H17N3O2. The molecule has 18 heavy (non-hydrogen) atoms. The second-order valence-corrected chi connectivity index (χ2v) is 3.60. The van der Waals surface area contributed by atoms with Crippen LogP contribution in [0.1, 0.15) is 13.3 Å². The summed E-state index contributed by atoms with van der Waals surface area (Å²) in [7, 11) is 3.01. The van der Waals surface area contributed by atoms with Gasteiger partial charge in [-0.1, -0.05) is 18.2 Å². The van der Waals surface area contributed by atoms with E-state index in [0.717, 1.165) is 5.69 Å². The van der Waals surface area contributed by atoms with E-state index in [-0.39, 0.29) is 12.4 Å². The summed E-state index contributed by atoms with van der Waals surface area (Å²) in [5.74, 6) is -0.341. The van der Waals surface area contributed by atoms with Crippen LogP contribution < -0.4 is 5.43 Å². The van der Waals surface area contributed by atoms with Gasteiger partial charge in [-0.2, -0.15) is 5.10 Å². The Labute approximate surface area is 107 Å². The molecule has 0 fully saturated rings. The van der Waals surface area contributed by atoms with Gasteiger partial charge in [0.1, 0.15) is 0 Å². The molecule has 0 aliphatic heterocycles. The molecule has 0 radical (unpaired) electrons. The van der Waals surface area contributed by atoms with Crippen molar-refractivity contribution in [3.63, 3.8) is 0 Å². The monoisotopic (exact) mass is 247 g/mol. The van der Waals surface area contributed by atoms with Crippen LogP contribution in [0.2, 0.25) is 0 Å². The molecule has 0 saturated heterocycles. The van der Waals surface area contributed by atoms with Crippen molar-refractivity contribution < 1.29 is 9.53 Å². The van der Waals surface area contributed by atoms with Crippen molar-refractivity contribution in [2.45, 2.75) is 13.3 Å². The van der Waals surface area contributed by atoms with Gasteiger partial charge in [0.2, 0.25) is 0 Å². The Balaban J connectivity index is 2.80. The Morgan fingerprint density at radius 2 is 2.00 bits per heavy atom. The van der Waals surface area contributed by atoms with Gasteiger partial charge < -0.3 is 4.74 Å². The number of benzene rings is 1. The van der Waals surface area contributed by atoms with E-state index in [9.17, 15) is 4.79 Å². The van der Waals surface area contributed by atoms with Gasteiger partial charge in [-0.25, -0.2) is 0 Å². The summed E-state index contributed by atoms with van der Waals surface area (Å²) in [5.41, 5.74) is 5.00. The van der Waals surface area contributed by atoms with Crippen LogP contribution in [-0.4, -0.2) is 31.6 Å². The van der Waals surface area contributed by atoms with Crippen molar-refractivity contribution in [1.82, 2.24) is 0 Å². The Morgan fingerprint density at radius 3 is 2.56 bits per heavy atom. The normalized spacial score (nSPS) is 12.2. The van der Waals surface area contributed by atoms with Crippen molar-refractivity contribution in [3.8, 4) is 0 Å². The van der Waals surface area contributed by atoms with Gasteiger partial charge in [0.15, 0.2) is 0 Å². The first kappa shape index (κ1) is 13.9. The number of hydrazone groups is 1. The quantitative estimate of drug-likeness (QED) is 0.492. The summed E-state index contributed by atoms with van der Waals surface area (Å²) in [5, 5.41) is 4.19. The lowest BCUT2D eigenvalue weighted by Gasteiger charge is -2.06. The first-order valence-electron chi connectivity index (χ1n) is 5.55. The molecular weight excluding hydrogens is 230 g/mol. The number of carbonyl (C=O) groups excluding carboxylic acids is 1. The number of aliphatic imine (C=N–C) groups is 1. The minimum Gasteiger partial charge on any atom is -0.469 e. The van der Waals surface area contributed by atoms with E-state index in [2.05, 4.69) is 20.3 Å². The molecule has 0 aromatic heterocycles. The topological polar surface area (TPSA) is 63.0 Å². The summed E-state index contributed by atoms with van der Waals surface area (Å²) in [6.07, 6.45) is 0.0967. The molecule has 0 unspecified atom stereocenters. The van der Waals surface area contributed by atoms with Crippen LogP contribution in [0, 0.1) is 0 Å². The van der Waals surface area contributed by atoms with Gasteiger partial charge in [0.05, 0.1) is 30.6 Å². The molecule has 1 aromatic carbocycles. The zero-order chi connectivity index (χ0) is 13.4. The zero-order valence-electron chi connectivity index (χ0n) is 10.8. The van der Waals surface area contributed by atoms with Crippen LogP contribution >= 0.6 is 0 Å². The van der Waals surface area contributed by atoms with Crippen molar-refractivity contribution in [2.75, 3.05) is 19.6 Å². The summed E-state index contributed by atoms with van der Waals surface area (Å²) < 4.78 is 4.62. The van der Waals surface area contributed by atoms with Crippen molar-refractivity contribution >= 4 is 23.1 Å². The molecule has 0 aliphatic carbocycles. The third-order valence-corrected chi connectivity index (χ3v) is 2.39. The standard InChI is InChI=1S/C13H17N3O2/c1-10(14-2)12(9-13(17)18-3)16-15-11-7-5-4-6-8-11/h4-8,15H,9H2,1-3H3/b14-10?,16-12-. The van der Waals surface area contributed by atoms with E-state index in [1.807, 2.05) is 30.3 Å². The highest BCUT2D eigenvalue weighted by molar-refractivity contribution is 6.44. The number of rotatable bonds is 5. The molecule has 0 atom stereocenters. The van der Waals surface area contributed by atoms with Crippen LogP contribution in [0.25, 0.3) is 0 Å². The predicted octanol–water partition coefficient (Wildman–Crippen LogP) is 2.11. The van der Waals surface area contributed by atoms with Crippen LogP contribution in [0.5, 0.6) is 0 Å². The minimum atomic E-state index is -0.341. The summed E-state index contributed by atoms with van der Waals surface area (Å²) in [6.45, 7) is 1.80. The maximum absolute atomic E-state index is 11.3. The van der Waals surface area contributed by atoms with Gasteiger partial charge in [-0.05, 0) is 19.1 Å². The molecule has 0 spiro atoms. The number of para-hydroxylation sites is 1. The van der Waals surface area contributed by atoms with Gasteiger partial charge in [0.25, 0.3) is 0 Å². The number of carbonyl (C=O) groups is 1. The SMILES string of the molecule is CN=C(C)/C(CC(=O)OC)=N\Nc1ccccc1. The number of anilines is 1. The second-order valence-electron chi connectivity index (χ2n) is 3.60. The number of esters is 1. The number of methoxy groups -OCH3 is 1. The van der Waals surface area contributed by atoms with E-state index < -0.39 is 0 Å². The van der Waals surface area contributed by atoms with Crippen molar-refractivity contribution in [3.05, 3.63) is 30.3 Å². The number of nitrogens with zero attached hydrogens (tertiary/aromatic N) is 2. The zero-order valence-corrected chi connectivity index (χ0v) is 10.8. The minimum absolute atomic E-state index is 0.0967. The van der Waals surface area contributed by atoms with Crippen LogP contribution in [0.4, 0.5) is 5.69 Å². The highest BCUT2D eigenvalue weighted by atomic mass is 16.5. The average molecular weight is 247 g/mol. The molecule has 96 valence electrons. The van der Waals surface area contributed by atoms with Gasteiger partial charge in [-0.15, -0.1) is 0 Å². The van der Waals surface area contributed by atoms with E-state index in [1.165, 1.54) is 7.11 Å². The molecule has 5 nitrogen and oxygen atoms in total. The Bertz CT molecular complexity index is 453. The van der Waals surface area contributed by atoms with Crippen LogP contribution in [0.15, 0.2) is 40.4 Å². The largest absolute Gasteiger partial charge is 0.469 e. The third kappa shape index (κ3) is 4.37. The summed E-state index contributed by atoms with van der Waals surface area (Å²) >= 11 is 0. The van der Waals surface area contributed by atoms with Gasteiger partial charge in [-0.3, -0.25) is 15.2 Å². The maximum Gasteiger partial charge on any atom is 0.311 e.